The highest BCUT2D eigenvalue weighted by atomic mass is 32.2. The third-order valence-electron chi connectivity index (χ3n) is 3.57. The summed E-state index contributed by atoms with van der Waals surface area (Å²) in [5, 5.41) is 10.8. The van der Waals surface area contributed by atoms with E-state index in [1.165, 1.54) is 12.1 Å². The van der Waals surface area contributed by atoms with Crippen LogP contribution < -0.4 is 10.5 Å². The Labute approximate surface area is 134 Å². The van der Waals surface area contributed by atoms with Crippen LogP contribution in [0.15, 0.2) is 65.6 Å². The van der Waals surface area contributed by atoms with Crippen molar-refractivity contribution in [2.24, 2.45) is 0 Å². The predicted octanol–water partition coefficient (Wildman–Crippen LogP) is 2.61. The van der Waals surface area contributed by atoms with Gasteiger partial charge in [0, 0.05) is 23.0 Å². The first-order valence-electron chi connectivity index (χ1n) is 7.02. The highest BCUT2D eigenvalue weighted by Crippen LogP contribution is 2.29. The molecule has 0 spiro atoms. The first-order valence-corrected chi connectivity index (χ1v) is 8.50. The summed E-state index contributed by atoms with van der Waals surface area (Å²) in [5.41, 5.74) is 7.05. The number of benzene rings is 3. The van der Waals surface area contributed by atoms with Gasteiger partial charge >= 0.3 is 0 Å². The summed E-state index contributed by atoms with van der Waals surface area (Å²) in [7, 11) is -3.72. The van der Waals surface area contributed by atoms with Gasteiger partial charge in [0.05, 0.1) is 4.90 Å². The molecule has 3 rings (SSSR count). The van der Waals surface area contributed by atoms with Gasteiger partial charge in [0.1, 0.15) is 5.75 Å². The lowest BCUT2D eigenvalue weighted by atomic mass is 10.1. The predicted molar refractivity (Wildman–Crippen MR) is 90.5 cm³/mol. The number of sulfonamides is 1. The van der Waals surface area contributed by atoms with Gasteiger partial charge < -0.3 is 10.8 Å². The lowest BCUT2D eigenvalue weighted by Gasteiger charge is -2.10. The molecule has 0 heterocycles. The third kappa shape index (κ3) is 3.13. The Bertz CT molecular complexity index is 968. The summed E-state index contributed by atoms with van der Waals surface area (Å²) in [6.45, 7) is 0.141. The van der Waals surface area contributed by atoms with E-state index in [-0.39, 0.29) is 17.2 Å². The summed E-state index contributed by atoms with van der Waals surface area (Å²) in [6, 6.07) is 16.7. The van der Waals surface area contributed by atoms with Crippen LogP contribution in [0.5, 0.6) is 5.75 Å². The Morgan fingerprint density at radius 2 is 1.65 bits per heavy atom. The van der Waals surface area contributed by atoms with E-state index in [2.05, 4.69) is 4.72 Å². The summed E-state index contributed by atoms with van der Waals surface area (Å²) in [4.78, 5) is 0.134. The molecule has 0 atom stereocenters. The average molecular weight is 328 g/mol. The van der Waals surface area contributed by atoms with Crippen molar-refractivity contribution in [2.45, 2.75) is 11.4 Å². The molecule has 0 aromatic heterocycles. The highest BCUT2D eigenvalue weighted by molar-refractivity contribution is 7.89. The van der Waals surface area contributed by atoms with Crippen molar-refractivity contribution in [1.82, 2.24) is 4.72 Å². The van der Waals surface area contributed by atoms with Gasteiger partial charge in [-0.3, -0.25) is 0 Å². The van der Waals surface area contributed by atoms with E-state index >= 15 is 0 Å². The summed E-state index contributed by atoms with van der Waals surface area (Å²) < 4.78 is 27.7. The number of nitrogen functional groups attached to an aromatic ring is 1. The van der Waals surface area contributed by atoms with Gasteiger partial charge in [-0.15, -0.1) is 0 Å². The Morgan fingerprint density at radius 1 is 0.957 bits per heavy atom. The molecule has 5 nitrogen and oxygen atoms in total. The van der Waals surface area contributed by atoms with Crippen LogP contribution in [0.3, 0.4) is 0 Å². The second-order valence-electron chi connectivity index (χ2n) is 5.20. The van der Waals surface area contributed by atoms with Crippen LogP contribution in [0.4, 0.5) is 5.69 Å². The second kappa shape index (κ2) is 5.91. The van der Waals surface area contributed by atoms with E-state index < -0.39 is 10.0 Å². The second-order valence-corrected chi connectivity index (χ2v) is 6.93. The van der Waals surface area contributed by atoms with Crippen molar-refractivity contribution in [3.05, 3.63) is 66.2 Å². The number of aromatic hydroxyl groups is 1. The molecule has 0 aliphatic carbocycles. The lowest BCUT2D eigenvalue weighted by molar-refractivity contribution is 0.481. The van der Waals surface area contributed by atoms with Crippen molar-refractivity contribution in [3.8, 4) is 5.75 Å². The van der Waals surface area contributed by atoms with Crippen molar-refractivity contribution < 1.29 is 13.5 Å². The van der Waals surface area contributed by atoms with Gasteiger partial charge in [0.25, 0.3) is 0 Å². The maximum Gasteiger partial charge on any atom is 0.241 e. The molecular weight excluding hydrogens is 312 g/mol. The number of hydrogen-bond donors (Lipinski definition) is 3. The molecule has 3 aromatic carbocycles. The Balaban J connectivity index is 1.96. The van der Waals surface area contributed by atoms with Gasteiger partial charge in [-0.05, 0) is 29.8 Å². The number of phenols is 1. The molecule has 0 radical (unpaired) electrons. The van der Waals surface area contributed by atoms with Gasteiger partial charge in [-0.25, -0.2) is 13.1 Å². The standard InChI is InChI=1S/C17H16N2O3S/c18-13-5-1-4-12(10-13)11-19-23(21,22)17-9-3-6-14-15(17)7-2-8-16(14)20/h1-10,19-20H,11,18H2. The minimum atomic E-state index is -3.72. The van der Waals surface area contributed by atoms with Gasteiger partial charge in [-0.2, -0.15) is 0 Å². The maximum absolute atomic E-state index is 12.6. The van der Waals surface area contributed by atoms with E-state index in [1.807, 2.05) is 0 Å². The fourth-order valence-electron chi connectivity index (χ4n) is 2.46. The molecular formula is C17H16N2O3S. The number of nitrogens with two attached hydrogens (primary N) is 1. The maximum atomic E-state index is 12.6. The number of fused-ring (bicyclic) bond motifs is 1. The fourth-order valence-corrected chi connectivity index (χ4v) is 3.70. The number of anilines is 1. The Hall–Kier alpha value is -2.57. The SMILES string of the molecule is Nc1cccc(CNS(=O)(=O)c2cccc3c(O)cccc23)c1. The molecule has 0 fully saturated rings. The zero-order chi connectivity index (χ0) is 16.4. The minimum absolute atomic E-state index is 0.0513. The molecule has 118 valence electrons. The zero-order valence-corrected chi connectivity index (χ0v) is 13.0. The molecule has 0 amide bonds. The van der Waals surface area contributed by atoms with Crippen LogP contribution in [-0.2, 0) is 16.6 Å². The van der Waals surface area contributed by atoms with E-state index in [4.69, 9.17) is 5.73 Å². The van der Waals surface area contributed by atoms with Gasteiger partial charge in [0.15, 0.2) is 0 Å². The number of phenolic OH excluding ortho intramolecular Hbond substituents is 1. The first-order chi connectivity index (χ1) is 11.0. The Morgan fingerprint density at radius 3 is 2.43 bits per heavy atom. The van der Waals surface area contributed by atoms with Crippen molar-refractivity contribution >= 4 is 26.5 Å². The van der Waals surface area contributed by atoms with E-state index in [0.717, 1.165) is 5.56 Å². The molecule has 6 heteroatoms. The molecule has 0 saturated carbocycles. The third-order valence-corrected chi connectivity index (χ3v) is 5.03. The number of hydrogen-bond acceptors (Lipinski definition) is 4. The minimum Gasteiger partial charge on any atom is -0.507 e. The monoisotopic (exact) mass is 328 g/mol. The van der Waals surface area contributed by atoms with E-state index in [9.17, 15) is 13.5 Å². The van der Waals surface area contributed by atoms with Crippen LogP contribution in [0.2, 0.25) is 0 Å². The number of nitrogens with one attached hydrogen (secondary N) is 1. The highest BCUT2D eigenvalue weighted by Gasteiger charge is 2.17. The van der Waals surface area contributed by atoms with Gasteiger partial charge in [-0.1, -0.05) is 36.4 Å². The van der Waals surface area contributed by atoms with E-state index in [0.29, 0.717) is 16.5 Å². The van der Waals surface area contributed by atoms with Crippen LogP contribution in [0, 0.1) is 0 Å². The number of rotatable bonds is 4. The van der Waals surface area contributed by atoms with Crippen LogP contribution in [0.1, 0.15) is 5.56 Å². The molecule has 0 aliphatic rings. The summed E-state index contributed by atoms with van der Waals surface area (Å²) in [5.74, 6) is 0.0513. The van der Waals surface area contributed by atoms with Crippen molar-refractivity contribution in [3.63, 3.8) is 0 Å². The van der Waals surface area contributed by atoms with Crippen LogP contribution in [-0.4, -0.2) is 13.5 Å². The molecule has 0 saturated heterocycles. The molecule has 0 unspecified atom stereocenters. The van der Waals surface area contributed by atoms with Crippen LogP contribution in [0.25, 0.3) is 10.8 Å². The van der Waals surface area contributed by atoms with Crippen LogP contribution >= 0.6 is 0 Å². The summed E-state index contributed by atoms with van der Waals surface area (Å²) in [6.07, 6.45) is 0. The fraction of sp³-hybridized carbons (Fsp3) is 0.0588. The topological polar surface area (TPSA) is 92.4 Å². The normalized spacial score (nSPS) is 11.7. The average Bonchev–Trinajstić information content (AvgIpc) is 2.53. The quantitative estimate of drug-likeness (QED) is 0.642. The molecule has 4 N–H and O–H groups in total. The summed E-state index contributed by atoms with van der Waals surface area (Å²) >= 11 is 0. The lowest BCUT2D eigenvalue weighted by Crippen LogP contribution is -2.23. The van der Waals surface area contributed by atoms with Crippen molar-refractivity contribution in [1.29, 1.82) is 0 Å². The van der Waals surface area contributed by atoms with Crippen molar-refractivity contribution in [2.75, 3.05) is 5.73 Å². The Kier molecular flexibility index (Phi) is 3.94. The molecule has 3 aromatic rings. The van der Waals surface area contributed by atoms with E-state index in [1.54, 1.807) is 48.5 Å². The van der Waals surface area contributed by atoms with Gasteiger partial charge in [0.2, 0.25) is 10.0 Å². The zero-order valence-electron chi connectivity index (χ0n) is 12.2. The smallest absolute Gasteiger partial charge is 0.241 e. The first kappa shape index (κ1) is 15.3. The largest absolute Gasteiger partial charge is 0.507 e. The molecule has 0 aliphatic heterocycles. The molecule has 0 bridgehead atoms. The molecule has 23 heavy (non-hydrogen) atoms.